The van der Waals surface area contributed by atoms with Gasteiger partial charge in [0.25, 0.3) is 0 Å². The van der Waals surface area contributed by atoms with Crippen molar-refractivity contribution < 1.29 is 0 Å². The highest BCUT2D eigenvalue weighted by Crippen LogP contribution is 2.18. The minimum atomic E-state index is 0.694. The molecule has 158 valence electrons. The Hall–Kier alpha value is -2.34. The zero-order valence-electron chi connectivity index (χ0n) is 18.0. The second-order valence-corrected chi connectivity index (χ2v) is 8.02. The first-order valence-electron chi connectivity index (χ1n) is 11.0. The van der Waals surface area contributed by atoms with E-state index in [1.807, 2.05) is 23.1 Å². The number of hydrogen-bond donors (Lipinski definition) is 2. The van der Waals surface area contributed by atoms with Gasteiger partial charge in [0.2, 0.25) is 0 Å². The Morgan fingerprint density at radius 3 is 2.76 bits per heavy atom. The maximum atomic E-state index is 4.77. The van der Waals surface area contributed by atoms with E-state index in [-0.39, 0.29) is 0 Å². The lowest BCUT2D eigenvalue weighted by Gasteiger charge is -2.30. The molecule has 2 N–H and O–H groups in total. The third-order valence-corrected chi connectivity index (χ3v) is 5.45. The van der Waals surface area contributed by atoms with Gasteiger partial charge in [-0.1, -0.05) is 31.2 Å². The van der Waals surface area contributed by atoms with E-state index in [2.05, 4.69) is 58.7 Å². The Labute approximate surface area is 175 Å². The number of benzene rings is 1. The molecule has 0 atom stereocenters. The number of aryl methyl sites for hydroxylation is 1. The lowest BCUT2D eigenvalue weighted by atomic mass is 9.98. The largest absolute Gasteiger partial charge is 0.357 e. The van der Waals surface area contributed by atoms with E-state index in [1.165, 1.54) is 37.1 Å². The van der Waals surface area contributed by atoms with Gasteiger partial charge in [0.15, 0.2) is 5.96 Å². The number of aromatic nitrogens is 2. The van der Waals surface area contributed by atoms with Gasteiger partial charge < -0.3 is 10.6 Å². The van der Waals surface area contributed by atoms with Crippen molar-refractivity contribution in [1.29, 1.82) is 0 Å². The van der Waals surface area contributed by atoms with Crippen molar-refractivity contribution in [2.24, 2.45) is 10.9 Å². The molecule has 0 amide bonds. The number of nitrogens with one attached hydrogen (secondary N) is 2. The van der Waals surface area contributed by atoms with Crippen LogP contribution in [0.2, 0.25) is 0 Å². The molecule has 1 aromatic heterocycles. The number of hydrogen-bond acceptors (Lipinski definition) is 3. The molecule has 2 heterocycles. The highest BCUT2D eigenvalue weighted by molar-refractivity contribution is 5.79. The molecule has 0 bridgehead atoms. The van der Waals surface area contributed by atoms with Crippen LogP contribution in [-0.2, 0) is 19.6 Å². The van der Waals surface area contributed by atoms with E-state index in [9.17, 15) is 0 Å². The van der Waals surface area contributed by atoms with Gasteiger partial charge >= 0.3 is 0 Å². The predicted molar refractivity (Wildman–Crippen MR) is 120 cm³/mol. The molecule has 6 heteroatoms. The van der Waals surface area contributed by atoms with E-state index >= 15 is 0 Å². The van der Waals surface area contributed by atoms with Crippen LogP contribution in [0.4, 0.5) is 0 Å². The van der Waals surface area contributed by atoms with Crippen molar-refractivity contribution in [1.82, 2.24) is 25.3 Å². The standard InChI is InChI=1S/C23H36N6/c1-3-24-23(25-11-5-13-29-14-6-12-27-29)26-18-21-7-4-8-22(17-21)19-28-15-9-20(2)10-16-28/h4,6-8,12,14,17,20H,3,5,9-11,13,15-16,18-19H2,1-2H3,(H2,24,25,26). The molecule has 0 saturated carbocycles. The van der Waals surface area contributed by atoms with Crippen molar-refractivity contribution in [2.45, 2.75) is 52.7 Å². The molecular weight excluding hydrogens is 360 g/mol. The normalized spacial score (nSPS) is 16.1. The molecule has 3 rings (SSSR count). The summed E-state index contributed by atoms with van der Waals surface area (Å²) in [6.07, 6.45) is 7.47. The Kier molecular flexibility index (Phi) is 8.56. The summed E-state index contributed by atoms with van der Waals surface area (Å²) in [7, 11) is 0. The van der Waals surface area contributed by atoms with Crippen molar-refractivity contribution in [2.75, 3.05) is 26.2 Å². The molecule has 0 radical (unpaired) electrons. The van der Waals surface area contributed by atoms with Crippen molar-refractivity contribution in [3.05, 3.63) is 53.9 Å². The second-order valence-electron chi connectivity index (χ2n) is 8.02. The monoisotopic (exact) mass is 396 g/mol. The molecule has 1 aromatic carbocycles. The van der Waals surface area contributed by atoms with Crippen molar-refractivity contribution >= 4 is 5.96 Å². The van der Waals surface area contributed by atoms with Gasteiger partial charge in [-0.25, -0.2) is 4.99 Å². The molecule has 1 aliphatic rings. The fourth-order valence-corrected chi connectivity index (χ4v) is 3.70. The van der Waals surface area contributed by atoms with Gasteiger partial charge in [0.05, 0.1) is 6.54 Å². The van der Waals surface area contributed by atoms with Crippen LogP contribution in [0.25, 0.3) is 0 Å². The van der Waals surface area contributed by atoms with E-state index in [0.717, 1.165) is 44.5 Å². The molecule has 0 aliphatic carbocycles. The van der Waals surface area contributed by atoms with Crippen molar-refractivity contribution in [3.63, 3.8) is 0 Å². The van der Waals surface area contributed by atoms with Crippen LogP contribution in [-0.4, -0.2) is 46.8 Å². The van der Waals surface area contributed by atoms with Crippen molar-refractivity contribution in [3.8, 4) is 0 Å². The first-order valence-corrected chi connectivity index (χ1v) is 11.0. The number of guanidine groups is 1. The van der Waals surface area contributed by atoms with Crippen LogP contribution in [0.3, 0.4) is 0 Å². The summed E-state index contributed by atoms with van der Waals surface area (Å²) >= 11 is 0. The summed E-state index contributed by atoms with van der Waals surface area (Å²) in [5, 5.41) is 11.0. The minimum absolute atomic E-state index is 0.694. The molecule has 0 spiro atoms. The highest BCUT2D eigenvalue weighted by Gasteiger charge is 2.15. The summed E-state index contributed by atoms with van der Waals surface area (Å²) < 4.78 is 1.96. The van der Waals surface area contributed by atoms with Crippen LogP contribution < -0.4 is 10.6 Å². The predicted octanol–water partition coefficient (Wildman–Crippen LogP) is 3.26. The van der Waals surface area contributed by atoms with Gasteiger partial charge in [-0.3, -0.25) is 9.58 Å². The van der Waals surface area contributed by atoms with Gasteiger partial charge in [0.1, 0.15) is 0 Å². The van der Waals surface area contributed by atoms with E-state index in [0.29, 0.717) is 6.54 Å². The third kappa shape index (κ3) is 7.54. The molecule has 0 unspecified atom stereocenters. The van der Waals surface area contributed by atoms with E-state index in [4.69, 9.17) is 4.99 Å². The molecular formula is C23H36N6. The summed E-state index contributed by atoms with van der Waals surface area (Å²) in [6, 6.07) is 10.8. The topological polar surface area (TPSA) is 57.5 Å². The molecule has 1 fully saturated rings. The number of rotatable bonds is 9. The smallest absolute Gasteiger partial charge is 0.191 e. The zero-order valence-corrected chi connectivity index (χ0v) is 18.0. The van der Waals surface area contributed by atoms with E-state index in [1.54, 1.807) is 0 Å². The second kappa shape index (κ2) is 11.6. The van der Waals surface area contributed by atoms with Crippen LogP contribution in [0.5, 0.6) is 0 Å². The molecule has 29 heavy (non-hydrogen) atoms. The van der Waals surface area contributed by atoms with Gasteiger partial charge in [0, 0.05) is 38.6 Å². The molecule has 2 aromatic rings. The number of piperidine rings is 1. The Balaban J connectivity index is 1.47. The van der Waals surface area contributed by atoms with Gasteiger partial charge in [-0.2, -0.15) is 5.10 Å². The third-order valence-electron chi connectivity index (χ3n) is 5.45. The summed E-state index contributed by atoms with van der Waals surface area (Å²) in [4.78, 5) is 7.35. The summed E-state index contributed by atoms with van der Waals surface area (Å²) in [5.41, 5.74) is 2.66. The van der Waals surface area contributed by atoms with Gasteiger partial charge in [-0.15, -0.1) is 0 Å². The minimum Gasteiger partial charge on any atom is -0.357 e. The Morgan fingerprint density at radius 1 is 1.17 bits per heavy atom. The number of aliphatic imine (C=N–C) groups is 1. The lowest BCUT2D eigenvalue weighted by Crippen LogP contribution is -2.38. The number of nitrogens with zero attached hydrogens (tertiary/aromatic N) is 4. The Bertz CT molecular complexity index is 732. The SMILES string of the molecule is CCNC(=NCc1cccc(CN2CCC(C)CC2)c1)NCCCn1cccn1. The molecule has 1 saturated heterocycles. The maximum absolute atomic E-state index is 4.77. The summed E-state index contributed by atoms with van der Waals surface area (Å²) in [5.74, 6) is 1.76. The fraction of sp³-hybridized carbons (Fsp3) is 0.565. The van der Waals surface area contributed by atoms with Crippen LogP contribution in [0, 0.1) is 5.92 Å². The maximum Gasteiger partial charge on any atom is 0.191 e. The van der Waals surface area contributed by atoms with Gasteiger partial charge in [-0.05, 0) is 62.4 Å². The zero-order chi connectivity index (χ0) is 20.3. The summed E-state index contributed by atoms with van der Waals surface area (Å²) in [6.45, 7) is 11.3. The fourth-order valence-electron chi connectivity index (χ4n) is 3.70. The van der Waals surface area contributed by atoms with Crippen LogP contribution >= 0.6 is 0 Å². The molecule has 6 nitrogen and oxygen atoms in total. The Morgan fingerprint density at radius 2 is 2.00 bits per heavy atom. The van der Waals surface area contributed by atoms with Crippen LogP contribution in [0.1, 0.15) is 44.2 Å². The quantitative estimate of drug-likeness (QED) is 0.388. The highest BCUT2D eigenvalue weighted by atomic mass is 15.3. The molecule has 1 aliphatic heterocycles. The number of likely N-dealkylation sites (tertiary alicyclic amines) is 1. The lowest BCUT2D eigenvalue weighted by molar-refractivity contribution is 0.185. The average Bonchev–Trinajstić information content (AvgIpc) is 3.25. The average molecular weight is 397 g/mol. The van der Waals surface area contributed by atoms with E-state index < -0.39 is 0 Å². The van der Waals surface area contributed by atoms with Crippen LogP contribution in [0.15, 0.2) is 47.7 Å². The first-order chi connectivity index (χ1) is 14.2. The first kappa shape index (κ1) is 21.4.